The quantitative estimate of drug-likeness (QED) is 0.751. The van der Waals surface area contributed by atoms with E-state index >= 15 is 0 Å². The van der Waals surface area contributed by atoms with Crippen molar-refractivity contribution in [1.82, 2.24) is 5.32 Å². The molecule has 2 N–H and O–H groups in total. The van der Waals surface area contributed by atoms with Crippen LogP contribution in [0.2, 0.25) is 0 Å². The Hall–Kier alpha value is -3.07. The number of anilines is 2. The molecule has 2 aromatic rings. The summed E-state index contributed by atoms with van der Waals surface area (Å²) >= 11 is 1.11. The average Bonchev–Trinajstić information content (AvgIpc) is 2.73. The molecule has 1 heterocycles. The van der Waals surface area contributed by atoms with E-state index in [0.29, 0.717) is 11.4 Å². The molecular formula is C20H20FN3O4S. The lowest BCUT2D eigenvalue weighted by Gasteiger charge is -2.34. The molecule has 0 saturated carbocycles. The molecule has 0 saturated heterocycles. The maximum atomic E-state index is 13.6. The molecule has 0 aromatic heterocycles. The summed E-state index contributed by atoms with van der Waals surface area (Å²) in [5.74, 6) is -1.04. The number of hydrogen-bond donors (Lipinski definition) is 2. The molecule has 9 heteroatoms. The zero-order chi connectivity index (χ0) is 20.8. The first-order valence-corrected chi connectivity index (χ1v) is 10.0. The number of nitrogens with one attached hydrogen (secondary N) is 2. The third-order valence-electron chi connectivity index (χ3n) is 4.22. The number of fused-ring (bicyclic) bond motifs is 1. The first kappa shape index (κ1) is 20.7. The Balaban J connectivity index is 1.59. The van der Waals surface area contributed by atoms with E-state index in [-0.39, 0.29) is 35.6 Å². The van der Waals surface area contributed by atoms with Crippen LogP contribution in [0.3, 0.4) is 0 Å². The van der Waals surface area contributed by atoms with Gasteiger partial charge in [0, 0.05) is 7.05 Å². The summed E-state index contributed by atoms with van der Waals surface area (Å²) in [6.45, 7) is 0.0809. The van der Waals surface area contributed by atoms with Gasteiger partial charge in [-0.1, -0.05) is 24.3 Å². The average molecular weight is 417 g/mol. The zero-order valence-corrected chi connectivity index (χ0v) is 16.5. The van der Waals surface area contributed by atoms with E-state index in [4.69, 9.17) is 4.74 Å². The summed E-state index contributed by atoms with van der Waals surface area (Å²) in [5, 5.41) is 5.00. The number of halogens is 1. The largest absolute Gasteiger partial charge is 0.477 e. The van der Waals surface area contributed by atoms with E-state index in [1.807, 2.05) is 0 Å². The number of benzene rings is 2. The summed E-state index contributed by atoms with van der Waals surface area (Å²) in [5.41, 5.74) is 0.675. The molecule has 29 heavy (non-hydrogen) atoms. The second-order valence-corrected chi connectivity index (χ2v) is 7.20. The Kier molecular flexibility index (Phi) is 6.71. The lowest BCUT2D eigenvalue weighted by molar-refractivity contribution is -0.127. The molecule has 0 unspecified atom stereocenters. The van der Waals surface area contributed by atoms with Crippen molar-refractivity contribution in [2.75, 3.05) is 35.3 Å². The molecule has 3 amide bonds. The Morgan fingerprint density at radius 1 is 1.14 bits per heavy atom. The Labute approximate surface area is 171 Å². The van der Waals surface area contributed by atoms with Crippen molar-refractivity contribution in [2.45, 2.75) is 6.10 Å². The van der Waals surface area contributed by atoms with Crippen molar-refractivity contribution < 1.29 is 23.5 Å². The van der Waals surface area contributed by atoms with Gasteiger partial charge in [0.05, 0.1) is 29.4 Å². The number of nitrogens with zero attached hydrogens (tertiary/aromatic N) is 1. The van der Waals surface area contributed by atoms with Crippen LogP contribution in [-0.2, 0) is 14.4 Å². The highest BCUT2D eigenvalue weighted by molar-refractivity contribution is 8.00. The van der Waals surface area contributed by atoms with E-state index in [9.17, 15) is 18.8 Å². The summed E-state index contributed by atoms with van der Waals surface area (Å²) in [7, 11) is 1.50. The van der Waals surface area contributed by atoms with Gasteiger partial charge >= 0.3 is 0 Å². The van der Waals surface area contributed by atoms with Gasteiger partial charge in [0.25, 0.3) is 5.91 Å². The van der Waals surface area contributed by atoms with Crippen LogP contribution in [-0.4, -0.2) is 48.9 Å². The lowest BCUT2D eigenvalue weighted by atomic mass is 10.2. The first-order chi connectivity index (χ1) is 14.0. The summed E-state index contributed by atoms with van der Waals surface area (Å²) < 4.78 is 19.3. The zero-order valence-electron chi connectivity index (χ0n) is 15.7. The van der Waals surface area contributed by atoms with E-state index in [1.165, 1.54) is 30.1 Å². The molecule has 0 radical (unpaired) electrons. The molecule has 0 bridgehead atoms. The van der Waals surface area contributed by atoms with Gasteiger partial charge in [0.15, 0.2) is 6.10 Å². The molecule has 152 valence electrons. The number of likely N-dealkylation sites (N-methyl/N-ethyl adjacent to an activating group) is 1. The van der Waals surface area contributed by atoms with Gasteiger partial charge in [0.2, 0.25) is 11.8 Å². The van der Waals surface area contributed by atoms with E-state index in [0.717, 1.165) is 11.8 Å². The van der Waals surface area contributed by atoms with Crippen molar-refractivity contribution in [1.29, 1.82) is 0 Å². The van der Waals surface area contributed by atoms with Crippen LogP contribution >= 0.6 is 11.8 Å². The molecule has 0 spiro atoms. The van der Waals surface area contributed by atoms with Gasteiger partial charge in [-0.25, -0.2) is 4.39 Å². The minimum absolute atomic E-state index is 0.00899. The molecular weight excluding hydrogens is 397 g/mol. The van der Waals surface area contributed by atoms with Crippen LogP contribution in [0.15, 0.2) is 48.5 Å². The van der Waals surface area contributed by atoms with Gasteiger partial charge in [-0.15, -0.1) is 11.8 Å². The van der Waals surface area contributed by atoms with Crippen LogP contribution in [0.5, 0.6) is 5.75 Å². The fourth-order valence-electron chi connectivity index (χ4n) is 2.83. The third-order valence-corrected chi connectivity index (χ3v) is 5.14. The van der Waals surface area contributed by atoms with E-state index in [2.05, 4.69) is 10.6 Å². The topological polar surface area (TPSA) is 87.7 Å². The predicted molar refractivity (Wildman–Crippen MR) is 110 cm³/mol. The van der Waals surface area contributed by atoms with Gasteiger partial charge in [-0.2, -0.15) is 0 Å². The summed E-state index contributed by atoms with van der Waals surface area (Å²) in [6.07, 6.45) is -0.812. The Morgan fingerprint density at radius 3 is 2.62 bits per heavy atom. The normalized spacial score (nSPS) is 15.1. The number of carbonyl (C=O) groups is 3. The van der Waals surface area contributed by atoms with E-state index in [1.54, 1.807) is 30.3 Å². The highest BCUT2D eigenvalue weighted by Gasteiger charge is 2.33. The maximum Gasteiger partial charge on any atom is 0.262 e. The Morgan fingerprint density at radius 2 is 1.86 bits per heavy atom. The second-order valence-electron chi connectivity index (χ2n) is 6.21. The number of carbonyl (C=O) groups excluding carboxylic acids is 3. The van der Waals surface area contributed by atoms with Crippen LogP contribution in [0.4, 0.5) is 15.8 Å². The van der Waals surface area contributed by atoms with Gasteiger partial charge < -0.3 is 20.3 Å². The predicted octanol–water partition coefficient (Wildman–Crippen LogP) is 2.04. The number of thioether (sulfide) groups is 1. The molecule has 0 aliphatic carbocycles. The maximum absolute atomic E-state index is 13.6. The van der Waals surface area contributed by atoms with E-state index < -0.39 is 17.8 Å². The number of amides is 3. The van der Waals surface area contributed by atoms with Crippen molar-refractivity contribution in [3.05, 3.63) is 54.3 Å². The van der Waals surface area contributed by atoms with Gasteiger partial charge in [0.1, 0.15) is 11.6 Å². The highest BCUT2D eigenvalue weighted by Crippen LogP contribution is 2.33. The molecule has 7 nitrogen and oxygen atoms in total. The second kappa shape index (κ2) is 9.42. The van der Waals surface area contributed by atoms with Crippen molar-refractivity contribution >= 4 is 40.9 Å². The van der Waals surface area contributed by atoms with Crippen LogP contribution in [0.25, 0.3) is 0 Å². The molecule has 3 rings (SSSR count). The number of hydrogen-bond acceptors (Lipinski definition) is 5. The van der Waals surface area contributed by atoms with Crippen molar-refractivity contribution in [3.63, 3.8) is 0 Å². The molecule has 0 fully saturated rings. The lowest BCUT2D eigenvalue weighted by Crippen LogP contribution is -2.50. The van der Waals surface area contributed by atoms with Gasteiger partial charge in [-0.3, -0.25) is 14.4 Å². The molecule has 1 aliphatic rings. The SMILES string of the molecule is CNC(=O)[C@@H]1CN(C(=O)CSCC(=O)Nc2ccccc2F)c2ccccc2O1. The third kappa shape index (κ3) is 5.05. The van der Waals surface area contributed by atoms with Crippen LogP contribution in [0, 0.1) is 5.82 Å². The van der Waals surface area contributed by atoms with Gasteiger partial charge in [-0.05, 0) is 24.3 Å². The standard InChI is InChI=1S/C20H20FN3O4S/c1-22-20(27)17-10-24(15-8-4-5-9-16(15)28-17)19(26)12-29-11-18(25)23-14-7-3-2-6-13(14)21/h2-9,17H,10-12H2,1H3,(H,22,27)(H,23,25)/t17-/m0/s1. The first-order valence-electron chi connectivity index (χ1n) is 8.89. The smallest absolute Gasteiger partial charge is 0.262 e. The number of para-hydroxylation sites is 3. The molecule has 1 aliphatic heterocycles. The highest BCUT2D eigenvalue weighted by atomic mass is 32.2. The molecule has 1 atom stereocenters. The van der Waals surface area contributed by atoms with Crippen molar-refractivity contribution in [2.24, 2.45) is 0 Å². The van der Waals surface area contributed by atoms with Crippen LogP contribution < -0.4 is 20.3 Å². The summed E-state index contributed by atoms with van der Waals surface area (Å²) in [4.78, 5) is 38.2. The fraction of sp³-hybridized carbons (Fsp3) is 0.250. The number of ether oxygens (including phenoxy) is 1. The monoisotopic (exact) mass is 417 g/mol. The Bertz CT molecular complexity index is 924. The minimum Gasteiger partial charge on any atom is -0.477 e. The van der Waals surface area contributed by atoms with Crippen LogP contribution in [0.1, 0.15) is 0 Å². The number of rotatable bonds is 6. The van der Waals surface area contributed by atoms with Crippen molar-refractivity contribution in [3.8, 4) is 5.75 Å². The minimum atomic E-state index is -0.812. The fourth-order valence-corrected chi connectivity index (χ4v) is 3.52. The summed E-state index contributed by atoms with van der Waals surface area (Å²) in [6, 6.07) is 12.8. The molecule has 2 aromatic carbocycles.